The first kappa shape index (κ1) is 15.7. The van der Waals surface area contributed by atoms with Gasteiger partial charge in [0.25, 0.3) is 0 Å². The highest BCUT2D eigenvalue weighted by Crippen LogP contribution is 2.39. The lowest BCUT2D eigenvalue weighted by Crippen LogP contribution is -2.47. The highest BCUT2D eigenvalue weighted by atomic mass is 35.5. The SMILES string of the molecule is Cc1ccc(F)c([C@H]2NC(=O)OCC2(C)C)c1F.Cl. The molecule has 0 unspecified atom stereocenters. The van der Waals surface area contributed by atoms with Crippen molar-refractivity contribution in [2.24, 2.45) is 5.41 Å². The normalized spacial score (nSPS) is 21.1. The monoisotopic (exact) mass is 291 g/mol. The van der Waals surface area contributed by atoms with Crippen molar-refractivity contribution in [2.75, 3.05) is 6.61 Å². The van der Waals surface area contributed by atoms with Crippen molar-refractivity contribution >= 4 is 18.5 Å². The second kappa shape index (κ2) is 5.33. The summed E-state index contributed by atoms with van der Waals surface area (Å²) >= 11 is 0. The van der Waals surface area contributed by atoms with Crippen molar-refractivity contribution in [3.05, 3.63) is 34.9 Å². The number of alkyl carbamates (subject to hydrolysis) is 1. The van der Waals surface area contributed by atoms with Crippen LogP contribution in [0.4, 0.5) is 13.6 Å². The van der Waals surface area contributed by atoms with Crippen LogP contribution in [-0.2, 0) is 4.74 Å². The Labute approximate surface area is 116 Å². The van der Waals surface area contributed by atoms with E-state index in [0.717, 1.165) is 0 Å². The maximum Gasteiger partial charge on any atom is 0.407 e. The second-order valence-electron chi connectivity index (χ2n) is 5.23. The van der Waals surface area contributed by atoms with E-state index in [2.05, 4.69) is 5.32 Å². The first-order valence-corrected chi connectivity index (χ1v) is 5.71. The van der Waals surface area contributed by atoms with Gasteiger partial charge in [0.2, 0.25) is 0 Å². The molecule has 1 heterocycles. The van der Waals surface area contributed by atoms with Crippen molar-refractivity contribution in [3.8, 4) is 0 Å². The van der Waals surface area contributed by atoms with E-state index in [1.807, 2.05) is 0 Å². The van der Waals surface area contributed by atoms with Crippen LogP contribution in [0.1, 0.15) is 31.0 Å². The van der Waals surface area contributed by atoms with E-state index >= 15 is 0 Å². The van der Waals surface area contributed by atoms with Gasteiger partial charge in [0, 0.05) is 11.0 Å². The molecule has 3 nitrogen and oxygen atoms in total. The third kappa shape index (κ3) is 2.81. The molecule has 6 heteroatoms. The van der Waals surface area contributed by atoms with E-state index in [9.17, 15) is 13.6 Å². The molecule has 106 valence electrons. The van der Waals surface area contributed by atoms with Crippen molar-refractivity contribution in [1.82, 2.24) is 5.32 Å². The Morgan fingerprint density at radius 1 is 1.37 bits per heavy atom. The van der Waals surface area contributed by atoms with Crippen LogP contribution in [0.15, 0.2) is 12.1 Å². The topological polar surface area (TPSA) is 38.3 Å². The molecule has 1 N–H and O–H groups in total. The molecular formula is C13H16ClF2NO2. The number of benzene rings is 1. The van der Waals surface area contributed by atoms with Gasteiger partial charge in [-0.25, -0.2) is 13.6 Å². The van der Waals surface area contributed by atoms with Crippen LogP contribution in [-0.4, -0.2) is 12.7 Å². The van der Waals surface area contributed by atoms with Gasteiger partial charge in [-0.05, 0) is 18.6 Å². The number of nitrogens with one attached hydrogen (secondary N) is 1. The number of carbonyl (C=O) groups excluding carboxylic acids is 1. The fourth-order valence-corrected chi connectivity index (χ4v) is 2.10. The Morgan fingerprint density at radius 3 is 2.63 bits per heavy atom. The highest BCUT2D eigenvalue weighted by Gasteiger charge is 2.40. The molecule has 0 spiro atoms. The Hall–Kier alpha value is -1.36. The van der Waals surface area contributed by atoms with Gasteiger partial charge in [0.1, 0.15) is 18.2 Å². The number of rotatable bonds is 1. The van der Waals surface area contributed by atoms with E-state index in [4.69, 9.17) is 4.74 Å². The van der Waals surface area contributed by atoms with Gasteiger partial charge >= 0.3 is 6.09 Å². The van der Waals surface area contributed by atoms with Crippen LogP contribution in [0.3, 0.4) is 0 Å². The van der Waals surface area contributed by atoms with Gasteiger partial charge in [-0.15, -0.1) is 12.4 Å². The molecule has 1 aromatic rings. The summed E-state index contributed by atoms with van der Waals surface area (Å²) in [4.78, 5) is 11.3. The molecule has 19 heavy (non-hydrogen) atoms. The molecule has 1 atom stereocenters. The standard InChI is InChI=1S/C13H15F2NO2.ClH/c1-7-4-5-8(14)9(10(7)15)11-13(2,3)6-18-12(17)16-11;/h4-5,11H,6H2,1-3H3,(H,16,17);1H/t11-;/m1./s1. The summed E-state index contributed by atoms with van der Waals surface area (Å²) in [5.74, 6) is -1.27. The van der Waals surface area contributed by atoms with Crippen LogP contribution in [0.25, 0.3) is 0 Å². The molecule has 0 saturated carbocycles. The van der Waals surface area contributed by atoms with E-state index in [1.54, 1.807) is 20.8 Å². The van der Waals surface area contributed by atoms with Gasteiger partial charge in [-0.3, -0.25) is 0 Å². The minimum Gasteiger partial charge on any atom is -0.449 e. The summed E-state index contributed by atoms with van der Waals surface area (Å²) in [7, 11) is 0. The lowest BCUT2D eigenvalue weighted by molar-refractivity contribution is 0.0367. The molecule has 1 saturated heterocycles. The fraction of sp³-hybridized carbons (Fsp3) is 0.462. The van der Waals surface area contributed by atoms with Crippen LogP contribution in [0.2, 0.25) is 0 Å². The number of hydrogen-bond acceptors (Lipinski definition) is 2. The van der Waals surface area contributed by atoms with Gasteiger partial charge in [0.05, 0.1) is 6.04 Å². The molecule has 1 amide bonds. The molecule has 0 aliphatic carbocycles. The molecular weight excluding hydrogens is 276 g/mol. The van der Waals surface area contributed by atoms with Crippen LogP contribution in [0, 0.1) is 24.0 Å². The Bertz CT molecular complexity index is 506. The fourth-order valence-electron chi connectivity index (χ4n) is 2.10. The van der Waals surface area contributed by atoms with Gasteiger partial charge < -0.3 is 10.1 Å². The van der Waals surface area contributed by atoms with Gasteiger partial charge in [-0.2, -0.15) is 0 Å². The van der Waals surface area contributed by atoms with E-state index < -0.39 is 29.2 Å². The van der Waals surface area contributed by atoms with E-state index in [0.29, 0.717) is 5.56 Å². The molecule has 0 radical (unpaired) electrons. The van der Waals surface area contributed by atoms with Crippen LogP contribution in [0.5, 0.6) is 0 Å². The van der Waals surface area contributed by atoms with Gasteiger partial charge in [-0.1, -0.05) is 19.9 Å². The number of carbonyl (C=O) groups is 1. The van der Waals surface area contributed by atoms with E-state index in [-0.39, 0.29) is 24.6 Å². The molecule has 0 bridgehead atoms. The predicted octanol–water partition coefficient (Wildman–Crippen LogP) is 3.50. The Balaban J connectivity index is 0.00000180. The first-order valence-electron chi connectivity index (χ1n) is 5.71. The number of ether oxygens (including phenoxy) is 1. The molecule has 1 aliphatic rings. The minimum atomic E-state index is -0.737. The Kier molecular flexibility index (Phi) is 4.40. The first-order chi connectivity index (χ1) is 8.33. The summed E-state index contributed by atoms with van der Waals surface area (Å²) in [5, 5.41) is 2.49. The lowest BCUT2D eigenvalue weighted by Gasteiger charge is -2.38. The molecule has 0 aromatic heterocycles. The van der Waals surface area contributed by atoms with Crippen molar-refractivity contribution in [2.45, 2.75) is 26.8 Å². The summed E-state index contributed by atoms with van der Waals surface area (Å²) in [6.45, 7) is 5.26. The largest absolute Gasteiger partial charge is 0.449 e. The molecule has 2 rings (SSSR count). The molecule has 1 fully saturated rings. The third-order valence-electron chi connectivity index (χ3n) is 3.23. The average molecular weight is 292 g/mol. The summed E-state index contributed by atoms with van der Waals surface area (Å²) in [6.07, 6.45) is -0.653. The number of hydrogen-bond donors (Lipinski definition) is 1. The zero-order valence-corrected chi connectivity index (χ0v) is 11.7. The van der Waals surface area contributed by atoms with E-state index in [1.165, 1.54) is 12.1 Å². The second-order valence-corrected chi connectivity index (χ2v) is 5.23. The number of amides is 1. The number of halogens is 3. The number of cyclic esters (lactones) is 1. The zero-order valence-electron chi connectivity index (χ0n) is 10.9. The predicted molar refractivity (Wildman–Crippen MR) is 69.3 cm³/mol. The number of aryl methyl sites for hydroxylation is 1. The average Bonchev–Trinajstić information content (AvgIpc) is 2.29. The smallest absolute Gasteiger partial charge is 0.407 e. The zero-order chi connectivity index (χ0) is 13.5. The maximum atomic E-state index is 14.1. The molecule has 1 aliphatic heterocycles. The Morgan fingerprint density at radius 2 is 2.00 bits per heavy atom. The minimum absolute atomic E-state index is 0. The lowest BCUT2D eigenvalue weighted by atomic mass is 9.79. The summed E-state index contributed by atoms with van der Waals surface area (Å²) in [5.41, 5.74) is -0.330. The van der Waals surface area contributed by atoms with Gasteiger partial charge in [0.15, 0.2) is 0 Å². The van der Waals surface area contributed by atoms with Crippen molar-refractivity contribution in [3.63, 3.8) is 0 Å². The van der Waals surface area contributed by atoms with Crippen LogP contribution >= 0.6 is 12.4 Å². The maximum absolute atomic E-state index is 14.1. The third-order valence-corrected chi connectivity index (χ3v) is 3.23. The summed E-state index contributed by atoms with van der Waals surface area (Å²) in [6, 6.07) is 1.85. The quantitative estimate of drug-likeness (QED) is 0.860. The van der Waals surface area contributed by atoms with Crippen LogP contribution < -0.4 is 5.32 Å². The molecule has 1 aromatic carbocycles. The summed E-state index contributed by atoms with van der Waals surface area (Å²) < 4.78 is 32.8. The van der Waals surface area contributed by atoms with Crippen molar-refractivity contribution in [1.29, 1.82) is 0 Å². The highest BCUT2D eigenvalue weighted by molar-refractivity contribution is 5.85. The van der Waals surface area contributed by atoms with Crippen molar-refractivity contribution < 1.29 is 18.3 Å².